The predicted molar refractivity (Wildman–Crippen MR) is 57.0 cm³/mol. The molecule has 0 saturated carbocycles. The summed E-state index contributed by atoms with van der Waals surface area (Å²) in [5.41, 5.74) is 0.422. The Kier molecular flexibility index (Phi) is 3.34. The third kappa shape index (κ3) is 2.36. The van der Waals surface area contributed by atoms with Gasteiger partial charge < -0.3 is 10.4 Å². The maximum Gasteiger partial charge on any atom is 0.129 e. The SMILES string of the molecule is OC(c1ccccc1F)C1CCCNC1. The summed E-state index contributed by atoms with van der Waals surface area (Å²) in [6, 6.07) is 6.46. The quantitative estimate of drug-likeness (QED) is 0.779. The Hall–Kier alpha value is -0.930. The molecule has 2 rings (SSSR count). The van der Waals surface area contributed by atoms with Gasteiger partial charge in [0.25, 0.3) is 0 Å². The lowest BCUT2D eigenvalue weighted by Crippen LogP contribution is -2.33. The molecule has 3 heteroatoms. The highest BCUT2D eigenvalue weighted by molar-refractivity contribution is 5.20. The zero-order chi connectivity index (χ0) is 10.7. The van der Waals surface area contributed by atoms with Crippen molar-refractivity contribution in [2.24, 2.45) is 5.92 Å². The van der Waals surface area contributed by atoms with Gasteiger partial charge >= 0.3 is 0 Å². The molecule has 15 heavy (non-hydrogen) atoms. The standard InChI is InChI=1S/C12H16FNO/c13-11-6-2-1-5-10(11)12(15)9-4-3-7-14-8-9/h1-2,5-6,9,12,14-15H,3-4,7-8H2. The van der Waals surface area contributed by atoms with Crippen LogP contribution in [0.15, 0.2) is 24.3 Å². The van der Waals surface area contributed by atoms with Crippen LogP contribution in [0.25, 0.3) is 0 Å². The zero-order valence-electron chi connectivity index (χ0n) is 8.62. The van der Waals surface area contributed by atoms with Gasteiger partial charge in [-0.1, -0.05) is 18.2 Å². The predicted octanol–water partition coefficient (Wildman–Crippen LogP) is 1.86. The first kappa shape index (κ1) is 10.6. The molecule has 1 saturated heterocycles. The van der Waals surface area contributed by atoms with E-state index in [1.165, 1.54) is 6.07 Å². The molecule has 82 valence electrons. The van der Waals surface area contributed by atoms with Gasteiger partial charge in [-0.2, -0.15) is 0 Å². The van der Waals surface area contributed by atoms with Crippen molar-refractivity contribution >= 4 is 0 Å². The van der Waals surface area contributed by atoms with Gasteiger partial charge in [0.2, 0.25) is 0 Å². The Morgan fingerprint density at radius 2 is 2.20 bits per heavy atom. The number of piperidine rings is 1. The van der Waals surface area contributed by atoms with Crippen LogP contribution in [0.3, 0.4) is 0 Å². The van der Waals surface area contributed by atoms with Crippen LogP contribution in [0.1, 0.15) is 24.5 Å². The maximum absolute atomic E-state index is 13.4. The third-order valence-electron chi connectivity index (χ3n) is 3.01. The maximum atomic E-state index is 13.4. The molecule has 0 aromatic heterocycles. The highest BCUT2D eigenvalue weighted by atomic mass is 19.1. The lowest BCUT2D eigenvalue weighted by molar-refractivity contribution is 0.0888. The average Bonchev–Trinajstić information content (AvgIpc) is 2.30. The van der Waals surface area contributed by atoms with E-state index in [0.29, 0.717) is 5.56 Å². The Balaban J connectivity index is 2.12. The van der Waals surface area contributed by atoms with Crippen LogP contribution in [0.5, 0.6) is 0 Å². The fraction of sp³-hybridized carbons (Fsp3) is 0.500. The third-order valence-corrected chi connectivity index (χ3v) is 3.01. The van der Waals surface area contributed by atoms with Gasteiger partial charge in [0, 0.05) is 18.0 Å². The number of rotatable bonds is 2. The second kappa shape index (κ2) is 4.73. The molecule has 1 heterocycles. The smallest absolute Gasteiger partial charge is 0.129 e. The van der Waals surface area contributed by atoms with Crippen LogP contribution in [0.2, 0.25) is 0 Å². The van der Waals surface area contributed by atoms with Crippen LogP contribution >= 0.6 is 0 Å². The topological polar surface area (TPSA) is 32.3 Å². The summed E-state index contributed by atoms with van der Waals surface area (Å²) in [6.07, 6.45) is 1.33. The van der Waals surface area contributed by atoms with Gasteiger partial charge in [0.05, 0.1) is 6.10 Å². The molecule has 0 bridgehead atoms. The zero-order valence-corrected chi connectivity index (χ0v) is 8.62. The fourth-order valence-electron chi connectivity index (χ4n) is 2.12. The van der Waals surface area contributed by atoms with E-state index in [2.05, 4.69) is 5.32 Å². The molecule has 0 aliphatic carbocycles. The first-order valence-electron chi connectivity index (χ1n) is 5.42. The molecule has 1 aromatic carbocycles. The van der Waals surface area contributed by atoms with Gasteiger partial charge in [-0.15, -0.1) is 0 Å². The summed E-state index contributed by atoms with van der Waals surface area (Å²) in [7, 11) is 0. The summed E-state index contributed by atoms with van der Waals surface area (Å²) < 4.78 is 13.4. The molecular formula is C12H16FNO. The highest BCUT2D eigenvalue weighted by Gasteiger charge is 2.24. The number of nitrogens with one attached hydrogen (secondary N) is 1. The van der Waals surface area contributed by atoms with E-state index >= 15 is 0 Å². The van der Waals surface area contributed by atoms with Crippen molar-refractivity contribution in [3.8, 4) is 0 Å². The van der Waals surface area contributed by atoms with Crippen LogP contribution in [-0.2, 0) is 0 Å². The molecule has 2 unspecified atom stereocenters. The first-order valence-corrected chi connectivity index (χ1v) is 5.42. The summed E-state index contributed by atoms with van der Waals surface area (Å²) in [4.78, 5) is 0. The molecule has 1 aliphatic rings. The Morgan fingerprint density at radius 1 is 1.40 bits per heavy atom. The van der Waals surface area contributed by atoms with E-state index in [0.717, 1.165) is 25.9 Å². The van der Waals surface area contributed by atoms with E-state index in [-0.39, 0.29) is 11.7 Å². The molecule has 2 nitrogen and oxygen atoms in total. The minimum Gasteiger partial charge on any atom is -0.388 e. The lowest BCUT2D eigenvalue weighted by atomic mass is 9.89. The number of benzene rings is 1. The van der Waals surface area contributed by atoms with Crippen molar-refractivity contribution in [3.63, 3.8) is 0 Å². The molecule has 0 amide bonds. The normalized spacial score (nSPS) is 23.7. The number of aliphatic hydroxyl groups excluding tert-OH is 1. The van der Waals surface area contributed by atoms with Crippen molar-refractivity contribution < 1.29 is 9.50 Å². The molecule has 1 aromatic rings. The van der Waals surface area contributed by atoms with Crippen LogP contribution in [-0.4, -0.2) is 18.2 Å². The fourth-order valence-corrected chi connectivity index (χ4v) is 2.12. The molecule has 1 aliphatic heterocycles. The van der Waals surface area contributed by atoms with Crippen molar-refractivity contribution in [3.05, 3.63) is 35.6 Å². The van der Waals surface area contributed by atoms with E-state index in [4.69, 9.17) is 0 Å². The summed E-state index contributed by atoms with van der Waals surface area (Å²) in [6.45, 7) is 1.77. The van der Waals surface area contributed by atoms with Gasteiger partial charge in [0.1, 0.15) is 5.82 Å². The minimum absolute atomic E-state index is 0.135. The van der Waals surface area contributed by atoms with Crippen molar-refractivity contribution in [2.75, 3.05) is 13.1 Å². The van der Waals surface area contributed by atoms with E-state index in [1.54, 1.807) is 18.2 Å². The lowest BCUT2D eigenvalue weighted by Gasteiger charge is -2.27. The van der Waals surface area contributed by atoms with E-state index in [9.17, 15) is 9.50 Å². The molecule has 2 N–H and O–H groups in total. The van der Waals surface area contributed by atoms with Crippen LogP contribution in [0, 0.1) is 11.7 Å². The number of hydrogen-bond donors (Lipinski definition) is 2. The minimum atomic E-state index is -0.681. The van der Waals surface area contributed by atoms with E-state index in [1.807, 2.05) is 0 Å². The van der Waals surface area contributed by atoms with Gasteiger partial charge in [-0.25, -0.2) is 4.39 Å². The number of aliphatic hydroxyl groups is 1. The number of halogens is 1. The van der Waals surface area contributed by atoms with Crippen LogP contribution < -0.4 is 5.32 Å². The average molecular weight is 209 g/mol. The highest BCUT2D eigenvalue weighted by Crippen LogP contribution is 2.28. The van der Waals surface area contributed by atoms with Gasteiger partial charge in [-0.05, 0) is 25.5 Å². The monoisotopic (exact) mass is 209 g/mol. The molecule has 2 atom stereocenters. The van der Waals surface area contributed by atoms with Crippen molar-refractivity contribution in [1.82, 2.24) is 5.32 Å². The molecule has 1 fully saturated rings. The largest absolute Gasteiger partial charge is 0.388 e. The van der Waals surface area contributed by atoms with Crippen molar-refractivity contribution in [1.29, 1.82) is 0 Å². The second-order valence-corrected chi connectivity index (χ2v) is 4.07. The van der Waals surface area contributed by atoms with E-state index < -0.39 is 6.10 Å². The van der Waals surface area contributed by atoms with Crippen LogP contribution in [0.4, 0.5) is 4.39 Å². The van der Waals surface area contributed by atoms with Gasteiger partial charge in [-0.3, -0.25) is 0 Å². The Bertz CT molecular complexity index is 323. The summed E-state index contributed by atoms with van der Waals surface area (Å²) in [5.74, 6) is -0.175. The second-order valence-electron chi connectivity index (χ2n) is 4.07. The molecular weight excluding hydrogens is 193 g/mol. The van der Waals surface area contributed by atoms with Gasteiger partial charge in [0.15, 0.2) is 0 Å². The summed E-state index contributed by atoms with van der Waals surface area (Å²) >= 11 is 0. The molecule has 0 radical (unpaired) electrons. The van der Waals surface area contributed by atoms with Crippen molar-refractivity contribution in [2.45, 2.75) is 18.9 Å². The number of hydrogen-bond acceptors (Lipinski definition) is 2. The summed E-state index contributed by atoms with van der Waals surface area (Å²) in [5, 5.41) is 13.3. The Morgan fingerprint density at radius 3 is 2.87 bits per heavy atom. The molecule has 0 spiro atoms. The Labute approximate surface area is 89.1 Å². The first-order chi connectivity index (χ1) is 7.29.